The van der Waals surface area contributed by atoms with Gasteiger partial charge in [0.2, 0.25) is 0 Å². The van der Waals surface area contributed by atoms with E-state index in [2.05, 4.69) is 4.90 Å². The van der Waals surface area contributed by atoms with E-state index in [0.717, 1.165) is 11.1 Å². The second-order valence-electron chi connectivity index (χ2n) is 8.58. The molecule has 0 radical (unpaired) electrons. The van der Waals surface area contributed by atoms with Gasteiger partial charge >= 0.3 is 5.97 Å². The van der Waals surface area contributed by atoms with E-state index in [-0.39, 0.29) is 18.0 Å². The monoisotopic (exact) mass is 471 g/mol. The molecule has 4 rings (SSSR count). The van der Waals surface area contributed by atoms with Crippen LogP contribution in [0.25, 0.3) is 11.1 Å². The van der Waals surface area contributed by atoms with Crippen LogP contribution in [0.1, 0.15) is 42.1 Å². The highest BCUT2D eigenvalue weighted by atomic mass is 19.1. The molecule has 0 saturated heterocycles. The molecule has 1 N–H and O–H groups in total. The van der Waals surface area contributed by atoms with Gasteiger partial charge in [0.05, 0.1) is 12.0 Å². The predicted molar refractivity (Wildman–Crippen MR) is 134 cm³/mol. The van der Waals surface area contributed by atoms with Crippen molar-refractivity contribution in [3.8, 4) is 11.1 Å². The van der Waals surface area contributed by atoms with Crippen molar-refractivity contribution in [1.29, 1.82) is 0 Å². The van der Waals surface area contributed by atoms with Crippen LogP contribution in [0, 0.1) is 11.6 Å². The Bertz CT molecular complexity index is 1260. The second kappa shape index (κ2) is 11.1. The van der Waals surface area contributed by atoms with Gasteiger partial charge in [0, 0.05) is 18.6 Å². The fourth-order valence-corrected chi connectivity index (χ4v) is 4.50. The lowest BCUT2D eigenvalue weighted by atomic mass is 9.93. The maximum Gasteiger partial charge on any atom is 0.305 e. The number of rotatable bonds is 9. The Morgan fingerprint density at radius 2 is 1.37 bits per heavy atom. The summed E-state index contributed by atoms with van der Waals surface area (Å²) in [5, 5.41) is 9.84. The van der Waals surface area contributed by atoms with Crippen molar-refractivity contribution in [2.24, 2.45) is 0 Å². The number of nitrogens with zero attached hydrogens (tertiary/aromatic N) is 1. The van der Waals surface area contributed by atoms with Crippen LogP contribution in [0.3, 0.4) is 0 Å². The van der Waals surface area contributed by atoms with Crippen molar-refractivity contribution in [3.05, 3.63) is 131 Å². The minimum absolute atomic E-state index is 0.116. The zero-order valence-electron chi connectivity index (χ0n) is 19.4. The lowest BCUT2D eigenvalue weighted by molar-refractivity contribution is -0.138. The van der Waals surface area contributed by atoms with E-state index < -0.39 is 23.6 Å². The van der Waals surface area contributed by atoms with Gasteiger partial charge in [-0.05, 0) is 47.4 Å². The Morgan fingerprint density at radius 3 is 2.00 bits per heavy atom. The van der Waals surface area contributed by atoms with E-state index >= 15 is 0 Å². The molecule has 0 aliphatic rings. The molecule has 0 heterocycles. The van der Waals surface area contributed by atoms with Gasteiger partial charge in [0.1, 0.15) is 11.6 Å². The van der Waals surface area contributed by atoms with Crippen molar-refractivity contribution in [3.63, 3.8) is 0 Å². The highest BCUT2D eigenvalue weighted by molar-refractivity contribution is 5.69. The topological polar surface area (TPSA) is 40.5 Å². The van der Waals surface area contributed by atoms with Crippen molar-refractivity contribution >= 4 is 5.97 Å². The van der Waals surface area contributed by atoms with Crippen molar-refractivity contribution in [2.45, 2.75) is 32.0 Å². The van der Waals surface area contributed by atoms with E-state index in [4.69, 9.17) is 0 Å². The Morgan fingerprint density at radius 1 is 0.800 bits per heavy atom. The lowest BCUT2D eigenvalue weighted by Crippen LogP contribution is -2.32. The molecule has 35 heavy (non-hydrogen) atoms. The van der Waals surface area contributed by atoms with Crippen LogP contribution in [0.2, 0.25) is 0 Å². The van der Waals surface area contributed by atoms with Gasteiger partial charge < -0.3 is 5.11 Å². The number of carboxylic acids is 1. The van der Waals surface area contributed by atoms with E-state index in [1.165, 1.54) is 18.2 Å². The molecule has 1 unspecified atom stereocenters. The summed E-state index contributed by atoms with van der Waals surface area (Å²) in [5.74, 6) is -2.26. The summed E-state index contributed by atoms with van der Waals surface area (Å²) in [7, 11) is 0. The third-order valence-electron chi connectivity index (χ3n) is 6.28. The summed E-state index contributed by atoms with van der Waals surface area (Å²) >= 11 is 0. The Labute approximate surface area is 204 Å². The first-order valence-corrected chi connectivity index (χ1v) is 11.5. The molecule has 0 amide bonds. The highest BCUT2D eigenvalue weighted by Crippen LogP contribution is 2.37. The normalized spacial score (nSPS) is 12.9. The van der Waals surface area contributed by atoms with Gasteiger partial charge in [-0.25, -0.2) is 8.78 Å². The third-order valence-corrected chi connectivity index (χ3v) is 6.28. The quantitative estimate of drug-likeness (QED) is 0.276. The smallest absolute Gasteiger partial charge is 0.305 e. The maximum absolute atomic E-state index is 14.5. The van der Waals surface area contributed by atoms with Gasteiger partial charge in [-0.2, -0.15) is 0 Å². The zero-order valence-corrected chi connectivity index (χ0v) is 19.4. The largest absolute Gasteiger partial charge is 0.481 e. The van der Waals surface area contributed by atoms with Crippen LogP contribution in [-0.2, 0) is 11.3 Å². The van der Waals surface area contributed by atoms with Gasteiger partial charge in [-0.15, -0.1) is 0 Å². The number of halogens is 2. The number of aliphatic carboxylic acids is 1. The van der Waals surface area contributed by atoms with Crippen LogP contribution in [0.5, 0.6) is 0 Å². The maximum atomic E-state index is 14.5. The first-order chi connectivity index (χ1) is 16.9. The average Bonchev–Trinajstić information content (AvgIpc) is 2.87. The minimum atomic E-state index is -0.948. The summed E-state index contributed by atoms with van der Waals surface area (Å²) < 4.78 is 29.1. The number of carboxylic acid groups (broad SMARTS) is 1. The molecule has 0 spiro atoms. The molecular weight excluding hydrogens is 444 g/mol. The van der Waals surface area contributed by atoms with Crippen LogP contribution in [-0.4, -0.2) is 16.0 Å². The molecule has 0 fully saturated rings. The fraction of sp³-hybridized carbons (Fsp3) is 0.167. The van der Waals surface area contributed by atoms with Crippen LogP contribution >= 0.6 is 0 Å². The number of hydrogen-bond donors (Lipinski definition) is 1. The van der Waals surface area contributed by atoms with Gasteiger partial charge in [-0.1, -0.05) is 84.9 Å². The van der Waals surface area contributed by atoms with Crippen LogP contribution in [0.4, 0.5) is 8.78 Å². The van der Waals surface area contributed by atoms with Crippen molar-refractivity contribution < 1.29 is 18.7 Å². The molecule has 0 aliphatic carbocycles. The molecule has 0 bridgehead atoms. The molecule has 178 valence electrons. The minimum Gasteiger partial charge on any atom is -0.481 e. The first-order valence-electron chi connectivity index (χ1n) is 11.5. The average molecular weight is 472 g/mol. The summed E-state index contributed by atoms with van der Waals surface area (Å²) in [5.41, 5.74) is 3.04. The molecule has 0 aromatic heterocycles. The summed E-state index contributed by atoms with van der Waals surface area (Å²) in [6, 6.07) is 29.8. The highest BCUT2D eigenvalue weighted by Gasteiger charge is 2.29. The van der Waals surface area contributed by atoms with Crippen LogP contribution in [0.15, 0.2) is 103 Å². The SMILES string of the molecule is C[C@H](c1ccccc1)N(Cc1ccccc1)C(CC(=O)O)c1cccc(-c2c(F)cccc2F)c1. The van der Waals surface area contributed by atoms with E-state index in [1.807, 2.05) is 73.7 Å². The van der Waals surface area contributed by atoms with Crippen LogP contribution < -0.4 is 0 Å². The number of benzene rings is 4. The van der Waals surface area contributed by atoms with Gasteiger partial charge in [-0.3, -0.25) is 9.69 Å². The Hall–Kier alpha value is -3.83. The molecule has 3 nitrogen and oxygen atoms in total. The van der Waals surface area contributed by atoms with E-state index in [1.54, 1.807) is 18.2 Å². The van der Waals surface area contributed by atoms with Crippen molar-refractivity contribution in [1.82, 2.24) is 4.90 Å². The first kappa shape index (κ1) is 24.3. The van der Waals surface area contributed by atoms with Gasteiger partial charge in [0.25, 0.3) is 0 Å². The van der Waals surface area contributed by atoms with Gasteiger partial charge in [0.15, 0.2) is 0 Å². The standard InChI is InChI=1S/C30H27F2NO2/c1-21(23-12-6-3-7-13-23)33(20-22-10-4-2-5-11-22)28(19-29(34)35)24-14-8-15-25(18-24)30-26(31)16-9-17-27(30)32/h2-18,21,28H,19-20H2,1H3,(H,34,35)/t21-,28?/m1/s1. The summed E-state index contributed by atoms with van der Waals surface area (Å²) in [6.07, 6.45) is -0.160. The molecule has 2 atom stereocenters. The fourth-order valence-electron chi connectivity index (χ4n) is 4.50. The molecule has 4 aromatic rings. The van der Waals surface area contributed by atoms with E-state index in [9.17, 15) is 18.7 Å². The zero-order chi connectivity index (χ0) is 24.8. The Kier molecular flexibility index (Phi) is 7.68. The second-order valence-corrected chi connectivity index (χ2v) is 8.58. The third kappa shape index (κ3) is 5.81. The lowest BCUT2D eigenvalue weighted by Gasteiger charge is -2.37. The summed E-state index contributed by atoms with van der Waals surface area (Å²) in [4.78, 5) is 14.2. The molecular formula is C30H27F2NO2. The molecule has 5 heteroatoms. The molecule has 4 aromatic carbocycles. The predicted octanol–water partition coefficient (Wildman–Crippen LogP) is 7.41. The van der Waals surface area contributed by atoms with Crippen molar-refractivity contribution in [2.75, 3.05) is 0 Å². The number of hydrogen-bond acceptors (Lipinski definition) is 2. The number of carbonyl (C=O) groups is 1. The summed E-state index contributed by atoms with van der Waals surface area (Å²) in [6.45, 7) is 2.56. The molecule has 0 saturated carbocycles. The van der Waals surface area contributed by atoms with E-state index in [0.29, 0.717) is 17.7 Å². The molecule has 0 aliphatic heterocycles. The Balaban J connectivity index is 1.81.